The largest absolute Gasteiger partial charge is 0.341 e. The van der Waals surface area contributed by atoms with Crippen LogP contribution in [0.15, 0.2) is 65.1 Å². The Morgan fingerprint density at radius 3 is 2.73 bits per heavy atom. The van der Waals surface area contributed by atoms with Gasteiger partial charge in [-0.05, 0) is 42.3 Å². The second-order valence-corrected chi connectivity index (χ2v) is 9.58. The van der Waals surface area contributed by atoms with Gasteiger partial charge in [-0.3, -0.25) is 4.79 Å². The standard InChI is InChI=1S/C25H20BrClFN3O2/c26-16-10-19-22(23(30-24(19)32)18-12-17(28)6-7-20(18)27)21(11-16)29-25(33)31-9-8-15(13-31)14-4-2-1-3-5-14/h1-7,10-12,15,23H,8-9,13H2,(H,29,33)(H,30,32). The molecule has 0 bridgehead atoms. The number of anilines is 1. The molecule has 3 amide bonds. The molecule has 0 aromatic heterocycles. The van der Waals surface area contributed by atoms with Gasteiger partial charge in [0.15, 0.2) is 0 Å². The van der Waals surface area contributed by atoms with Crippen LogP contribution in [0.3, 0.4) is 0 Å². The van der Waals surface area contributed by atoms with Crippen LogP contribution in [-0.4, -0.2) is 29.9 Å². The van der Waals surface area contributed by atoms with Crippen LogP contribution in [-0.2, 0) is 0 Å². The van der Waals surface area contributed by atoms with E-state index in [0.29, 0.717) is 45.0 Å². The summed E-state index contributed by atoms with van der Waals surface area (Å²) in [6.07, 6.45) is 0.885. The topological polar surface area (TPSA) is 61.4 Å². The molecule has 8 heteroatoms. The van der Waals surface area contributed by atoms with Crippen molar-refractivity contribution < 1.29 is 14.0 Å². The van der Waals surface area contributed by atoms with Crippen molar-refractivity contribution in [2.45, 2.75) is 18.4 Å². The molecule has 3 aromatic rings. The average molecular weight is 529 g/mol. The summed E-state index contributed by atoms with van der Waals surface area (Å²) >= 11 is 9.76. The van der Waals surface area contributed by atoms with Crippen LogP contribution in [0.4, 0.5) is 14.9 Å². The molecular weight excluding hydrogens is 509 g/mol. The van der Waals surface area contributed by atoms with E-state index in [4.69, 9.17) is 11.6 Å². The number of fused-ring (bicyclic) bond motifs is 1. The van der Waals surface area contributed by atoms with Crippen LogP contribution in [0, 0.1) is 5.82 Å². The summed E-state index contributed by atoms with van der Waals surface area (Å²) in [4.78, 5) is 27.6. The first-order valence-electron chi connectivity index (χ1n) is 10.6. The van der Waals surface area contributed by atoms with Crippen LogP contribution in [0.2, 0.25) is 5.02 Å². The van der Waals surface area contributed by atoms with Crippen molar-refractivity contribution in [1.29, 1.82) is 0 Å². The second kappa shape index (κ2) is 8.80. The number of hydrogen-bond acceptors (Lipinski definition) is 2. The Balaban J connectivity index is 1.44. The maximum atomic E-state index is 14.0. The van der Waals surface area contributed by atoms with Gasteiger partial charge in [0.1, 0.15) is 5.82 Å². The molecule has 2 aliphatic heterocycles. The van der Waals surface area contributed by atoms with Crippen LogP contribution >= 0.6 is 27.5 Å². The fourth-order valence-electron chi connectivity index (χ4n) is 4.61. The maximum absolute atomic E-state index is 14.0. The quantitative estimate of drug-likeness (QED) is 0.432. The SMILES string of the molecule is O=C1NC(c2cc(F)ccc2Cl)c2c(NC(=O)N3CCC(c4ccccc4)C3)cc(Br)cc21. The van der Waals surface area contributed by atoms with Gasteiger partial charge in [0.2, 0.25) is 0 Å². The summed E-state index contributed by atoms with van der Waals surface area (Å²) in [7, 11) is 0. The zero-order chi connectivity index (χ0) is 23.1. The third kappa shape index (κ3) is 4.23. The molecule has 168 valence electrons. The molecule has 33 heavy (non-hydrogen) atoms. The maximum Gasteiger partial charge on any atom is 0.321 e. The molecule has 1 fully saturated rings. The first-order valence-corrected chi connectivity index (χ1v) is 11.8. The number of likely N-dealkylation sites (tertiary alicyclic amines) is 1. The molecule has 2 aliphatic rings. The Kier molecular flexibility index (Phi) is 5.85. The number of amides is 3. The lowest BCUT2D eigenvalue weighted by Gasteiger charge is -2.21. The molecule has 0 aliphatic carbocycles. The molecule has 5 rings (SSSR count). The minimum atomic E-state index is -0.672. The fraction of sp³-hybridized carbons (Fsp3) is 0.200. The summed E-state index contributed by atoms with van der Waals surface area (Å²) < 4.78 is 14.6. The van der Waals surface area contributed by atoms with E-state index in [1.165, 1.54) is 23.8 Å². The fourth-order valence-corrected chi connectivity index (χ4v) is 5.29. The lowest BCUT2D eigenvalue weighted by molar-refractivity contribution is 0.0960. The summed E-state index contributed by atoms with van der Waals surface area (Å²) in [5, 5.41) is 6.18. The lowest BCUT2D eigenvalue weighted by Crippen LogP contribution is -2.33. The Morgan fingerprint density at radius 2 is 1.94 bits per heavy atom. The third-order valence-electron chi connectivity index (χ3n) is 6.21. The van der Waals surface area contributed by atoms with E-state index in [1.807, 2.05) is 18.2 Å². The molecule has 2 unspecified atom stereocenters. The number of rotatable bonds is 3. The van der Waals surface area contributed by atoms with Gasteiger partial charge in [0.05, 0.1) is 6.04 Å². The second-order valence-electron chi connectivity index (χ2n) is 8.26. The predicted molar refractivity (Wildman–Crippen MR) is 129 cm³/mol. The van der Waals surface area contributed by atoms with Gasteiger partial charge in [-0.1, -0.05) is 57.9 Å². The minimum Gasteiger partial charge on any atom is -0.341 e. The number of carbonyl (C=O) groups is 2. The number of halogens is 3. The minimum absolute atomic E-state index is 0.239. The summed E-state index contributed by atoms with van der Waals surface area (Å²) in [6.45, 7) is 1.25. The van der Waals surface area contributed by atoms with Gasteiger partial charge in [-0.15, -0.1) is 0 Å². The Hall–Kier alpha value is -2.90. The van der Waals surface area contributed by atoms with E-state index < -0.39 is 11.9 Å². The van der Waals surface area contributed by atoms with Gasteiger partial charge < -0.3 is 15.5 Å². The first-order chi connectivity index (χ1) is 15.9. The van der Waals surface area contributed by atoms with E-state index >= 15 is 0 Å². The summed E-state index contributed by atoms with van der Waals surface area (Å²) in [6, 6.07) is 16.7. The predicted octanol–water partition coefficient (Wildman–Crippen LogP) is 6.10. The van der Waals surface area contributed by atoms with Crippen molar-refractivity contribution in [3.05, 3.63) is 98.2 Å². The van der Waals surface area contributed by atoms with Crippen LogP contribution in [0.5, 0.6) is 0 Å². The number of nitrogens with zero attached hydrogens (tertiary/aromatic N) is 1. The first kappa shape index (κ1) is 21.9. The molecule has 0 spiro atoms. The molecule has 1 saturated heterocycles. The lowest BCUT2D eigenvalue weighted by atomic mass is 9.96. The van der Waals surface area contributed by atoms with Crippen molar-refractivity contribution in [1.82, 2.24) is 10.2 Å². The van der Waals surface area contributed by atoms with Crippen LogP contribution in [0.25, 0.3) is 0 Å². The van der Waals surface area contributed by atoms with E-state index in [0.717, 1.165) is 6.42 Å². The zero-order valence-electron chi connectivity index (χ0n) is 17.4. The van der Waals surface area contributed by atoms with E-state index in [9.17, 15) is 14.0 Å². The Labute approximate surface area is 204 Å². The van der Waals surface area contributed by atoms with E-state index in [1.54, 1.807) is 17.0 Å². The van der Waals surface area contributed by atoms with Gasteiger partial charge in [-0.25, -0.2) is 9.18 Å². The zero-order valence-corrected chi connectivity index (χ0v) is 19.8. The molecule has 0 saturated carbocycles. The van der Waals surface area contributed by atoms with Gasteiger partial charge >= 0.3 is 6.03 Å². The van der Waals surface area contributed by atoms with Crippen molar-refractivity contribution in [2.75, 3.05) is 18.4 Å². The average Bonchev–Trinajstić information content (AvgIpc) is 3.42. The smallest absolute Gasteiger partial charge is 0.321 e. The van der Waals surface area contributed by atoms with Gasteiger partial charge in [-0.2, -0.15) is 0 Å². The highest BCUT2D eigenvalue weighted by atomic mass is 79.9. The van der Waals surface area contributed by atoms with E-state index in [-0.39, 0.29) is 17.9 Å². The highest BCUT2D eigenvalue weighted by molar-refractivity contribution is 9.10. The normalized spacial score (nSPS) is 19.4. The monoisotopic (exact) mass is 527 g/mol. The Bertz CT molecular complexity index is 1250. The van der Waals surface area contributed by atoms with Gasteiger partial charge in [0.25, 0.3) is 5.91 Å². The highest BCUT2D eigenvalue weighted by Crippen LogP contribution is 2.41. The third-order valence-corrected chi connectivity index (χ3v) is 7.01. The number of nitrogens with one attached hydrogen (secondary N) is 2. The highest BCUT2D eigenvalue weighted by Gasteiger charge is 2.35. The molecule has 2 N–H and O–H groups in total. The molecule has 5 nitrogen and oxygen atoms in total. The molecule has 3 aromatic carbocycles. The van der Waals surface area contributed by atoms with Crippen molar-refractivity contribution in [3.63, 3.8) is 0 Å². The molecule has 2 atom stereocenters. The summed E-state index contributed by atoms with van der Waals surface area (Å²) in [5.41, 5.74) is 3.12. The number of urea groups is 1. The van der Waals surface area contributed by atoms with Crippen molar-refractivity contribution in [3.8, 4) is 0 Å². The number of carbonyl (C=O) groups excluding carboxylic acids is 2. The molecular formula is C25H20BrClFN3O2. The number of benzene rings is 3. The van der Waals surface area contributed by atoms with E-state index in [2.05, 4.69) is 38.7 Å². The van der Waals surface area contributed by atoms with Crippen molar-refractivity contribution in [2.24, 2.45) is 0 Å². The summed E-state index contributed by atoms with van der Waals surface area (Å²) in [5.74, 6) is -0.478. The molecule has 2 heterocycles. The van der Waals surface area contributed by atoms with Crippen LogP contribution < -0.4 is 10.6 Å². The van der Waals surface area contributed by atoms with Gasteiger partial charge in [0, 0.05) is 50.9 Å². The van der Waals surface area contributed by atoms with Crippen molar-refractivity contribution >= 4 is 45.2 Å². The Morgan fingerprint density at radius 1 is 1.15 bits per heavy atom. The molecule has 0 radical (unpaired) electrons. The van der Waals surface area contributed by atoms with Crippen LogP contribution in [0.1, 0.15) is 45.4 Å². The number of hydrogen-bond donors (Lipinski definition) is 2.